The Hall–Kier alpha value is -1.73. The van der Waals surface area contributed by atoms with E-state index in [-0.39, 0.29) is 5.91 Å². The predicted octanol–water partition coefficient (Wildman–Crippen LogP) is 2.20. The highest BCUT2D eigenvalue weighted by atomic mass is 32.2. The summed E-state index contributed by atoms with van der Waals surface area (Å²) in [6.45, 7) is 0. The maximum atomic E-state index is 11.7. The summed E-state index contributed by atoms with van der Waals surface area (Å²) in [6, 6.07) is 3.55. The molecular formula is C13H13NO4S2. The third-order valence-electron chi connectivity index (χ3n) is 2.66. The monoisotopic (exact) mass is 311 g/mol. The van der Waals surface area contributed by atoms with Crippen LogP contribution in [-0.4, -0.2) is 31.6 Å². The molecule has 0 spiro atoms. The summed E-state index contributed by atoms with van der Waals surface area (Å²) in [6.07, 6.45) is 1.71. The predicted molar refractivity (Wildman–Crippen MR) is 82.4 cm³/mol. The van der Waals surface area contributed by atoms with Crippen molar-refractivity contribution in [2.75, 3.05) is 21.3 Å². The SMILES string of the molecule is COc1ccc(/C=C2/SC(=S)NC2=O)c(OC)c1OC. The summed E-state index contributed by atoms with van der Waals surface area (Å²) >= 11 is 6.17. The van der Waals surface area contributed by atoms with E-state index in [1.165, 1.54) is 26.0 Å². The van der Waals surface area contributed by atoms with Crippen LogP contribution in [0.5, 0.6) is 17.2 Å². The molecule has 1 saturated heterocycles. The molecule has 0 aromatic heterocycles. The van der Waals surface area contributed by atoms with Crippen LogP contribution in [-0.2, 0) is 4.79 Å². The fourth-order valence-electron chi connectivity index (χ4n) is 1.80. The third kappa shape index (κ3) is 2.73. The van der Waals surface area contributed by atoms with Crippen LogP contribution in [0.25, 0.3) is 6.08 Å². The van der Waals surface area contributed by atoms with Crippen molar-refractivity contribution >= 4 is 40.3 Å². The van der Waals surface area contributed by atoms with Gasteiger partial charge in [-0.15, -0.1) is 0 Å². The van der Waals surface area contributed by atoms with Crippen LogP contribution in [0.3, 0.4) is 0 Å². The number of nitrogens with one attached hydrogen (secondary N) is 1. The van der Waals surface area contributed by atoms with E-state index < -0.39 is 0 Å². The summed E-state index contributed by atoms with van der Waals surface area (Å²) in [5.74, 6) is 1.34. The molecule has 0 radical (unpaired) electrons. The molecule has 106 valence electrons. The van der Waals surface area contributed by atoms with Crippen molar-refractivity contribution in [3.8, 4) is 17.2 Å². The van der Waals surface area contributed by atoms with E-state index in [2.05, 4.69) is 5.32 Å². The van der Waals surface area contributed by atoms with E-state index in [0.717, 1.165) is 0 Å². The van der Waals surface area contributed by atoms with E-state index in [1.807, 2.05) is 0 Å². The number of hydrogen-bond donors (Lipinski definition) is 1. The zero-order valence-corrected chi connectivity index (χ0v) is 12.8. The minimum Gasteiger partial charge on any atom is -0.493 e. The number of carbonyl (C=O) groups is 1. The molecule has 1 aromatic carbocycles. The molecule has 0 bridgehead atoms. The molecule has 1 amide bonds. The van der Waals surface area contributed by atoms with Gasteiger partial charge in [0.25, 0.3) is 5.91 Å². The van der Waals surface area contributed by atoms with E-state index in [0.29, 0.717) is 32.0 Å². The molecule has 1 N–H and O–H groups in total. The number of thioether (sulfide) groups is 1. The highest BCUT2D eigenvalue weighted by Gasteiger charge is 2.23. The van der Waals surface area contributed by atoms with Gasteiger partial charge in [-0.25, -0.2) is 0 Å². The molecule has 1 aromatic rings. The van der Waals surface area contributed by atoms with Crippen molar-refractivity contribution < 1.29 is 19.0 Å². The Balaban J connectivity index is 2.50. The fraction of sp³-hybridized carbons (Fsp3) is 0.231. The number of benzene rings is 1. The Morgan fingerprint density at radius 3 is 2.35 bits per heavy atom. The van der Waals surface area contributed by atoms with Crippen molar-refractivity contribution in [2.24, 2.45) is 0 Å². The van der Waals surface area contributed by atoms with Crippen molar-refractivity contribution in [2.45, 2.75) is 0 Å². The van der Waals surface area contributed by atoms with Crippen molar-refractivity contribution in [3.05, 3.63) is 22.6 Å². The van der Waals surface area contributed by atoms with Gasteiger partial charge in [0.05, 0.1) is 26.2 Å². The van der Waals surface area contributed by atoms with Crippen molar-refractivity contribution in [3.63, 3.8) is 0 Å². The lowest BCUT2D eigenvalue weighted by atomic mass is 10.1. The molecule has 1 aliphatic heterocycles. The quantitative estimate of drug-likeness (QED) is 0.679. The Labute approximate surface area is 126 Å². The number of methoxy groups -OCH3 is 3. The van der Waals surface area contributed by atoms with Crippen LogP contribution < -0.4 is 19.5 Å². The lowest BCUT2D eigenvalue weighted by molar-refractivity contribution is -0.115. The molecule has 1 heterocycles. The van der Waals surface area contributed by atoms with Crippen LogP contribution in [0.1, 0.15) is 5.56 Å². The molecule has 1 aliphatic rings. The maximum absolute atomic E-state index is 11.7. The minimum absolute atomic E-state index is 0.211. The molecule has 20 heavy (non-hydrogen) atoms. The first-order valence-corrected chi connectivity index (χ1v) is 6.87. The van der Waals surface area contributed by atoms with Crippen LogP contribution in [0.15, 0.2) is 17.0 Å². The second-order valence-corrected chi connectivity index (χ2v) is 5.49. The van der Waals surface area contributed by atoms with Gasteiger partial charge in [-0.05, 0) is 18.2 Å². The average Bonchev–Trinajstić information content (AvgIpc) is 2.76. The van der Waals surface area contributed by atoms with E-state index in [9.17, 15) is 4.79 Å². The van der Waals surface area contributed by atoms with Crippen molar-refractivity contribution in [1.82, 2.24) is 5.32 Å². The highest BCUT2D eigenvalue weighted by molar-refractivity contribution is 8.26. The van der Waals surface area contributed by atoms with Gasteiger partial charge < -0.3 is 19.5 Å². The largest absolute Gasteiger partial charge is 0.493 e. The topological polar surface area (TPSA) is 56.8 Å². The molecule has 2 rings (SSSR count). The Morgan fingerprint density at radius 2 is 1.85 bits per heavy atom. The lowest BCUT2D eigenvalue weighted by Crippen LogP contribution is -2.17. The van der Waals surface area contributed by atoms with Crippen LogP contribution in [0.4, 0.5) is 0 Å². The summed E-state index contributed by atoms with van der Waals surface area (Å²) < 4.78 is 16.3. The van der Waals surface area contributed by atoms with Gasteiger partial charge in [-0.2, -0.15) is 0 Å². The smallest absolute Gasteiger partial charge is 0.263 e. The molecular weight excluding hydrogens is 298 g/mol. The summed E-state index contributed by atoms with van der Waals surface area (Å²) in [7, 11) is 4.61. The van der Waals surface area contributed by atoms with Crippen molar-refractivity contribution in [1.29, 1.82) is 0 Å². The first-order valence-electron chi connectivity index (χ1n) is 5.64. The zero-order chi connectivity index (χ0) is 14.7. The number of carbonyl (C=O) groups excluding carboxylic acids is 1. The van der Waals surface area contributed by atoms with Gasteiger partial charge in [0, 0.05) is 5.56 Å². The molecule has 0 aliphatic carbocycles. The number of amides is 1. The Kier molecular flexibility index (Phi) is 4.51. The zero-order valence-electron chi connectivity index (χ0n) is 11.2. The number of hydrogen-bond acceptors (Lipinski definition) is 6. The van der Waals surface area contributed by atoms with Gasteiger partial charge in [-0.3, -0.25) is 4.79 Å². The molecule has 1 fully saturated rings. The minimum atomic E-state index is -0.211. The van der Waals surface area contributed by atoms with Gasteiger partial charge >= 0.3 is 0 Å². The summed E-state index contributed by atoms with van der Waals surface area (Å²) in [5.41, 5.74) is 0.715. The third-order valence-corrected chi connectivity index (χ3v) is 3.83. The summed E-state index contributed by atoms with van der Waals surface area (Å²) in [5, 5.41) is 2.57. The first kappa shape index (κ1) is 14.7. The van der Waals surface area contributed by atoms with Gasteiger partial charge in [0.15, 0.2) is 11.5 Å². The molecule has 5 nitrogen and oxygen atoms in total. The van der Waals surface area contributed by atoms with Crippen LogP contribution in [0.2, 0.25) is 0 Å². The fourth-order valence-corrected chi connectivity index (χ4v) is 2.84. The average molecular weight is 311 g/mol. The molecule has 0 atom stereocenters. The molecule has 0 saturated carbocycles. The van der Waals surface area contributed by atoms with Gasteiger partial charge in [0.1, 0.15) is 4.32 Å². The highest BCUT2D eigenvalue weighted by Crippen LogP contribution is 2.41. The normalized spacial score (nSPS) is 16.2. The van der Waals surface area contributed by atoms with Crippen LogP contribution >= 0.6 is 24.0 Å². The summed E-state index contributed by atoms with van der Waals surface area (Å²) in [4.78, 5) is 12.2. The van der Waals surface area contributed by atoms with Crippen LogP contribution in [0, 0.1) is 0 Å². The molecule has 0 unspecified atom stereocenters. The van der Waals surface area contributed by atoms with E-state index in [4.69, 9.17) is 26.4 Å². The van der Waals surface area contributed by atoms with Gasteiger partial charge in [0.2, 0.25) is 5.75 Å². The Bertz CT molecular complexity index is 598. The first-order chi connectivity index (χ1) is 9.60. The number of thiocarbonyl (C=S) groups is 1. The second kappa shape index (κ2) is 6.15. The number of rotatable bonds is 4. The van der Waals surface area contributed by atoms with Gasteiger partial charge in [-0.1, -0.05) is 24.0 Å². The lowest BCUT2D eigenvalue weighted by Gasteiger charge is -2.14. The maximum Gasteiger partial charge on any atom is 0.263 e. The second-order valence-electron chi connectivity index (χ2n) is 3.78. The standard InChI is InChI=1S/C13H13NO4S2/c1-16-8-5-4-7(10(17-2)11(8)18-3)6-9-12(15)14-13(19)20-9/h4-6H,1-3H3,(H,14,15,19)/b9-6+. The molecule has 7 heteroatoms. The van der Waals surface area contributed by atoms with E-state index >= 15 is 0 Å². The number of ether oxygens (including phenoxy) is 3. The van der Waals surface area contributed by atoms with E-state index in [1.54, 1.807) is 25.3 Å². The Morgan fingerprint density at radius 1 is 1.15 bits per heavy atom.